The molecule has 162 valence electrons. The number of hydrogen-bond donors (Lipinski definition) is 1. The van der Waals surface area contributed by atoms with E-state index in [-0.39, 0.29) is 5.56 Å². The zero-order valence-corrected chi connectivity index (χ0v) is 17.1. The van der Waals surface area contributed by atoms with Crippen molar-refractivity contribution in [1.82, 2.24) is 9.78 Å². The highest BCUT2D eigenvalue weighted by Crippen LogP contribution is 2.29. The third kappa shape index (κ3) is 5.11. The van der Waals surface area contributed by atoms with Gasteiger partial charge in [-0.1, -0.05) is 17.7 Å². The van der Waals surface area contributed by atoms with Crippen LogP contribution in [0.1, 0.15) is 32.9 Å². The minimum Gasteiger partial charge on any atom is -0.452 e. The van der Waals surface area contributed by atoms with Gasteiger partial charge in [-0.15, -0.1) is 0 Å². The number of rotatable bonds is 5. The smallest absolute Gasteiger partial charge is 0.416 e. The number of hydrogen-bond acceptors (Lipinski definition) is 4. The SMILES string of the molecule is Cc1ccc(-n2nc(C)c(NC(=O)COC(=O)c3ccc(C(F)(F)F)cc3)c2C)cc1. The van der Waals surface area contributed by atoms with Crippen LogP contribution >= 0.6 is 0 Å². The average Bonchev–Trinajstić information content (AvgIpc) is 3.00. The third-order valence-electron chi connectivity index (χ3n) is 4.62. The Morgan fingerprint density at radius 1 is 1.00 bits per heavy atom. The molecule has 0 aliphatic heterocycles. The van der Waals surface area contributed by atoms with Crippen LogP contribution in [-0.4, -0.2) is 28.3 Å². The fourth-order valence-electron chi connectivity index (χ4n) is 2.95. The first-order valence-electron chi connectivity index (χ1n) is 9.34. The molecule has 0 aliphatic carbocycles. The monoisotopic (exact) mass is 431 g/mol. The maximum atomic E-state index is 12.6. The van der Waals surface area contributed by atoms with E-state index in [2.05, 4.69) is 10.4 Å². The summed E-state index contributed by atoms with van der Waals surface area (Å²) in [4.78, 5) is 24.3. The molecule has 0 spiro atoms. The Morgan fingerprint density at radius 2 is 1.61 bits per heavy atom. The fraction of sp³-hybridized carbons (Fsp3) is 0.227. The zero-order chi connectivity index (χ0) is 22.8. The predicted molar refractivity (Wildman–Crippen MR) is 108 cm³/mol. The van der Waals surface area contributed by atoms with E-state index in [4.69, 9.17) is 4.74 Å². The molecule has 0 bridgehead atoms. The first kappa shape index (κ1) is 22.1. The third-order valence-corrected chi connectivity index (χ3v) is 4.62. The Morgan fingerprint density at radius 3 is 2.19 bits per heavy atom. The Labute approximate surface area is 176 Å². The predicted octanol–water partition coefficient (Wildman–Crippen LogP) is 4.61. The van der Waals surface area contributed by atoms with Crippen molar-refractivity contribution < 1.29 is 27.5 Å². The molecule has 9 heteroatoms. The molecule has 0 saturated heterocycles. The van der Waals surface area contributed by atoms with Crippen molar-refractivity contribution in [3.05, 3.63) is 76.6 Å². The molecule has 0 atom stereocenters. The molecule has 31 heavy (non-hydrogen) atoms. The molecule has 0 radical (unpaired) electrons. The summed E-state index contributed by atoms with van der Waals surface area (Å²) in [6, 6.07) is 11.3. The van der Waals surface area contributed by atoms with Crippen molar-refractivity contribution in [2.24, 2.45) is 0 Å². The number of aromatic nitrogens is 2. The molecule has 2 aromatic carbocycles. The minimum absolute atomic E-state index is 0.0830. The molecule has 0 aliphatic rings. The molecular weight excluding hydrogens is 411 g/mol. The highest BCUT2D eigenvalue weighted by molar-refractivity contribution is 5.96. The lowest BCUT2D eigenvalue weighted by atomic mass is 10.1. The van der Waals surface area contributed by atoms with E-state index >= 15 is 0 Å². The number of alkyl halides is 3. The molecule has 0 saturated carbocycles. The van der Waals surface area contributed by atoms with Crippen LogP contribution in [0.25, 0.3) is 5.69 Å². The van der Waals surface area contributed by atoms with Crippen molar-refractivity contribution in [1.29, 1.82) is 0 Å². The van der Waals surface area contributed by atoms with E-state index in [9.17, 15) is 22.8 Å². The van der Waals surface area contributed by atoms with Crippen LogP contribution in [0.15, 0.2) is 48.5 Å². The van der Waals surface area contributed by atoms with Crippen LogP contribution in [0.5, 0.6) is 0 Å². The number of carbonyl (C=O) groups excluding carboxylic acids is 2. The van der Waals surface area contributed by atoms with Gasteiger partial charge in [-0.2, -0.15) is 18.3 Å². The van der Waals surface area contributed by atoms with Gasteiger partial charge in [0.25, 0.3) is 5.91 Å². The second-order valence-corrected chi connectivity index (χ2v) is 6.99. The topological polar surface area (TPSA) is 73.2 Å². The lowest BCUT2D eigenvalue weighted by molar-refractivity contribution is -0.137. The molecule has 0 fully saturated rings. The fourth-order valence-corrected chi connectivity index (χ4v) is 2.95. The maximum Gasteiger partial charge on any atom is 0.416 e. The summed E-state index contributed by atoms with van der Waals surface area (Å²) < 4.78 is 44.4. The number of nitrogens with zero attached hydrogens (tertiary/aromatic N) is 2. The van der Waals surface area contributed by atoms with Gasteiger partial charge in [0.15, 0.2) is 6.61 Å². The maximum absolute atomic E-state index is 12.6. The molecule has 3 rings (SSSR count). The summed E-state index contributed by atoms with van der Waals surface area (Å²) in [5.74, 6) is -1.48. The van der Waals surface area contributed by atoms with E-state index in [0.29, 0.717) is 17.1 Å². The van der Waals surface area contributed by atoms with Crippen LogP contribution in [-0.2, 0) is 15.7 Å². The van der Waals surface area contributed by atoms with E-state index in [1.165, 1.54) is 0 Å². The Bertz CT molecular complexity index is 1100. The number of carbonyl (C=O) groups is 2. The van der Waals surface area contributed by atoms with Gasteiger partial charge in [0.1, 0.15) is 0 Å². The van der Waals surface area contributed by atoms with Crippen molar-refractivity contribution in [2.45, 2.75) is 26.9 Å². The van der Waals surface area contributed by atoms with Gasteiger partial charge in [0.2, 0.25) is 0 Å². The van der Waals surface area contributed by atoms with E-state index in [0.717, 1.165) is 35.5 Å². The van der Waals surface area contributed by atoms with Gasteiger partial charge < -0.3 is 10.1 Å². The molecule has 1 amide bonds. The summed E-state index contributed by atoms with van der Waals surface area (Å²) in [6.07, 6.45) is -4.50. The van der Waals surface area contributed by atoms with Crippen molar-refractivity contribution in [2.75, 3.05) is 11.9 Å². The molecule has 1 heterocycles. The molecule has 3 aromatic rings. The van der Waals surface area contributed by atoms with Crippen LogP contribution in [0.2, 0.25) is 0 Å². The summed E-state index contributed by atoms with van der Waals surface area (Å²) in [7, 11) is 0. The molecule has 6 nitrogen and oxygen atoms in total. The standard InChI is InChI=1S/C22H20F3N3O3/c1-13-4-10-18(11-5-13)28-15(3)20(14(2)27-28)26-19(29)12-31-21(30)16-6-8-17(9-7-16)22(23,24)25/h4-11H,12H2,1-3H3,(H,26,29). The van der Waals surface area contributed by atoms with E-state index < -0.39 is 30.2 Å². The van der Waals surface area contributed by atoms with Gasteiger partial charge in [-0.05, 0) is 57.2 Å². The highest BCUT2D eigenvalue weighted by atomic mass is 19.4. The van der Waals surface area contributed by atoms with Crippen LogP contribution in [0.4, 0.5) is 18.9 Å². The Hall–Kier alpha value is -3.62. The van der Waals surface area contributed by atoms with Crippen molar-refractivity contribution >= 4 is 17.6 Å². The zero-order valence-electron chi connectivity index (χ0n) is 17.1. The summed E-state index contributed by atoms with van der Waals surface area (Å²) in [6.45, 7) is 4.92. The number of anilines is 1. The summed E-state index contributed by atoms with van der Waals surface area (Å²) >= 11 is 0. The first-order chi connectivity index (χ1) is 14.6. The second kappa shape index (κ2) is 8.63. The largest absolute Gasteiger partial charge is 0.452 e. The number of amides is 1. The van der Waals surface area contributed by atoms with Crippen molar-refractivity contribution in [3.8, 4) is 5.69 Å². The summed E-state index contributed by atoms with van der Waals surface area (Å²) in [5, 5.41) is 7.10. The second-order valence-electron chi connectivity index (χ2n) is 6.99. The number of aryl methyl sites for hydroxylation is 2. The number of halogens is 3. The molecule has 1 N–H and O–H groups in total. The van der Waals surface area contributed by atoms with Crippen LogP contribution < -0.4 is 5.32 Å². The lowest BCUT2D eigenvalue weighted by Gasteiger charge is -2.09. The average molecular weight is 431 g/mol. The van der Waals surface area contributed by atoms with Gasteiger partial charge in [-0.25, -0.2) is 9.48 Å². The normalized spacial score (nSPS) is 11.3. The number of esters is 1. The van der Waals surface area contributed by atoms with Crippen molar-refractivity contribution in [3.63, 3.8) is 0 Å². The first-order valence-corrected chi connectivity index (χ1v) is 9.34. The lowest BCUT2D eigenvalue weighted by Crippen LogP contribution is -2.21. The number of benzene rings is 2. The number of ether oxygens (including phenoxy) is 1. The molecule has 0 unspecified atom stereocenters. The van der Waals surface area contributed by atoms with Crippen LogP contribution in [0, 0.1) is 20.8 Å². The number of nitrogens with one attached hydrogen (secondary N) is 1. The quantitative estimate of drug-likeness (QED) is 0.599. The van der Waals surface area contributed by atoms with Crippen LogP contribution in [0.3, 0.4) is 0 Å². The van der Waals surface area contributed by atoms with Gasteiger partial charge in [0.05, 0.1) is 33.9 Å². The van der Waals surface area contributed by atoms with Gasteiger partial charge >= 0.3 is 12.1 Å². The van der Waals surface area contributed by atoms with Gasteiger partial charge in [-0.3, -0.25) is 4.79 Å². The molecular formula is C22H20F3N3O3. The highest BCUT2D eigenvalue weighted by Gasteiger charge is 2.30. The Kier molecular flexibility index (Phi) is 6.14. The van der Waals surface area contributed by atoms with E-state index in [1.54, 1.807) is 18.5 Å². The van der Waals surface area contributed by atoms with Gasteiger partial charge in [0, 0.05) is 0 Å². The summed E-state index contributed by atoms with van der Waals surface area (Å²) in [5.41, 5.74) is 2.76. The minimum atomic E-state index is -4.50. The van der Waals surface area contributed by atoms with E-state index in [1.807, 2.05) is 31.2 Å². The molecule has 1 aromatic heterocycles. The Balaban J connectivity index is 1.63.